The molecule has 76 valence electrons. The molecule has 0 heterocycles. The molecular formula is C7H8AgNO3S. The fraction of sp³-hybridized carbons (Fsp3) is 0.143. The summed E-state index contributed by atoms with van der Waals surface area (Å²) in [7, 11) is -4.32. The minimum absolute atomic E-state index is 0. The van der Waals surface area contributed by atoms with E-state index < -0.39 is 10.3 Å². The summed E-state index contributed by atoms with van der Waals surface area (Å²) >= 11 is 0. The maximum Gasteiger partial charge on any atom is 1.00 e. The molecule has 1 aromatic carbocycles. The zero-order valence-corrected chi connectivity index (χ0v) is 8.83. The Morgan fingerprint density at radius 1 is 1.23 bits per heavy atom. The molecule has 0 aliphatic carbocycles. The first-order valence-corrected chi connectivity index (χ1v) is 4.73. The van der Waals surface area contributed by atoms with Gasteiger partial charge in [0.25, 0.3) is 0 Å². The summed E-state index contributed by atoms with van der Waals surface area (Å²) in [5, 5.41) is 0. The molecular weight excluding hydrogens is 286 g/mol. The zero-order valence-electron chi connectivity index (χ0n) is 6.53. The third kappa shape index (κ3) is 5.98. The topological polar surface area (TPSA) is 69.2 Å². The summed E-state index contributed by atoms with van der Waals surface area (Å²) in [6.45, 7) is 0.0483. The van der Waals surface area contributed by atoms with Crippen molar-refractivity contribution in [1.82, 2.24) is 4.72 Å². The van der Waals surface area contributed by atoms with Crippen LogP contribution in [0.3, 0.4) is 0 Å². The van der Waals surface area contributed by atoms with Crippen LogP contribution >= 0.6 is 0 Å². The number of benzene rings is 1. The van der Waals surface area contributed by atoms with Crippen LogP contribution in [0.15, 0.2) is 30.3 Å². The van der Waals surface area contributed by atoms with E-state index in [2.05, 4.69) is 0 Å². The van der Waals surface area contributed by atoms with Gasteiger partial charge in [-0.2, -0.15) is 0 Å². The molecule has 0 amide bonds. The van der Waals surface area contributed by atoms with Gasteiger partial charge in [-0.3, -0.25) is 0 Å². The van der Waals surface area contributed by atoms with Crippen LogP contribution in [0.2, 0.25) is 0 Å². The van der Waals surface area contributed by atoms with E-state index in [1.165, 1.54) is 0 Å². The minimum atomic E-state index is -4.32. The molecule has 0 unspecified atom stereocenters. The second-order valence-corrected chi connectivity index (χ2v) is 3.46. The van der Waals surface area contributed by atoms with Gasteiger partial charge < -0.3 is 4.55 Å². The molecule has 1 N–H and O–H groups in total. The standard InChI is InChI=1S/C7H9NO3S.Ag/c9-12(10,11)8-6-7-4-2-1-3-5-7;/h1-5,8H,6H2,(H,9,10,11);/q;+1/p-1. The number of rotatable bonds is 3. The third-order valence-electron chi connectivity index (χ3n) is 1.30. The van der Waals surface area contributed by atoms with Crippen LogP contribution in [-0.2, 0) is 39.2 Å². The largest absolute Gasteiger partial charge is 1.00 e. The molecule has 1 aromatic rings. The Morgan fingerprint density at radius 3 is 2.23 bits per heavy atom. The van der Waals surface area contributed by atoms with E-state index in [1.807, 2.05) is 10.8 Å². The van der Waals surface area contributed by atoms with Gasteiger partial charge in [-0.25, -0.2) is 13.1 Å². The molecule has 0 spiro atoms. The van der Waals surface area contributed by atoms with Crippen LogP contribution in [-0.4, -0.2) is 13.0 Å². The second-order valence-electron chi connectivity index (χ2n) is 2.26. The zero-order chi connectivity index (χ0) is 9.03. The molecule has 0 aliphatic heterocycles. The Kier molecular flexibility index (Phi) is 5.46. The molecule has 0 atom stereocenters. The molecule has 0 radical (unpaired) electrons. The smallest absolute Gasteiger partial charge is 0.735 e. The number of nitrogens with one attached hydrogen (secondary N) is 1. The predicted molar refractivity (Wildman–Crippen MR) is 43.0 cm³/mol. The van der Waals surface area contributed by atoms with Crippen molar-refractivity contribution in [2.45, 2.75) is 6.54 Å². The van der Waals surface area contributed by atoms with Gasteiger partial charge in [-0.1, -0.05) is 30.3 Å². The van der Waals surface area contributed by atoms with Crippen molar-refractivity contribution in [2.24, 2.45) is 0 Å². The van der Waals surface area contributed by atoms with Crippen LogP contribution in [0.25, 0.3) is 0 Å². The fourth-order valence-corrected chi connectivity index (χ4v) is 1.11. The summed E-state index contributed by atoms with van der Waals surface area (Å²) in [5.41, 5.74) is 0.761. The van der Waals surface area contributed by atoms with Gasteiger partial charge >= 0.3 is 22.4 Å². The Morgan fingerprint density at radius 2 is 1.77 bits per heavy atom. The van der Waals surface area contributed by atoms with Crippen LogP contribution in [0.5, 0.6) is 0 Å². The van der Waals surface area contributed by atoms with E-state index in [9.17, 15) is 13.0 Å². The monoisotopic (exact) mass is 293 g/mol. The first-order valence-electron chi connectivity index (χ1n) is 3.32. The van der Waals surface area contributed by atoms with E-state index in [0.717, 1.165) is 5.56 Å². The maximum atomic E-state index is 10.1. The minimum Gasteiger partial charge on any atom is -0.735 e. The first kappa shape index (κ1) is 12.8. The fourth-order valence-electron chi connectivity index (χ4n) is 0.768. The molecule has 13 heavy (non-hydrogen) atoms. The molecule has 0 saturated carbocycles. The van der Waals surface area contributed by atoms with Gasteiger partial charge in [-0.15, -0.1) is 0 Å². The quantitative estimate of drug-likeness (QED) is 0.641. The third-order valence-corrected chi connectivity index (χ3v) is 1.79. The summed E-state index contributed by atoms with van der Waals surface area (Å²) in [4.78, 5) is 0. The molecule has 0 saturated heterocycles. The molecule has 4 nitrogen and oxygen atoms in total. The van der Waals surface area contributed by atoms with Gasteiger partial charge in [0, 0.05) is 6.54 Å². The average molecular weight is 294 g/mol. The van der Waals surface area contributed by atoms with Gasteiger partial charge in [0.1, 0.15) is 0 Å². The molecule has 0 aromatic heterocycles. The molecule has 0 bridgehead atoms. The van der Waals surface area contributed by atoms with Crippen molar-refractivity contribution in [1.29, 1.82) is 0 Å². The molecule has 6 heteroatoms. The summed E-state index contributed by atoms with van der Waals surface area (Å²) in [5.74, 6) is 0. The van der Waals surface area contributed by atoms with E-state index >= 15 is 0 Å². The Hall–Kier alpha value is -0.170. The molecule has 0 aliphatic rings. The Labute approximate surface area is 92.7 Å². The van der Waals surface area contributed by atoms with Crippen molar-refractivity contribution in [2.75, 3.05) is 0 Å². The Bertz CT molecular complexity index is 338. The predicted octanol–water partition coefficient (Wildman–Crippen LogP) is 0.234. The van der Waals surface area contributed by atoms with Crippen molar-refractivity contribution < 1.29 is 35.4 Å². The maximum absolute atomic E-state index is 10.1. The van der Waals surface area contributed by atoms with Gasteiger partial charge in [-0.05, 0) is 5.56 Å². The van der Waals surface area contributed by atoms with Crippen molar-refractivity contribution in [3.05, 3.63) is 35.9 Å². The number of hydrogen-bond acceptors (Lipinski definition) is 3. The molecule has 1 rings (SSSR count). The summed E-state index contributed by atoms with van der Waals surface area (Å²) in [6, 6.07) is 8.83. The van der Waals surface area contributed by atoms with E-state index in [-0.39, 0.29) is 28.9 Å². The van der Waals surface area contributed by atoms with Crippen molar-refractivity contribution in [3.63, 3.8) is 0 Å². The Balaban J connectivity index is 0.00000144. The summed E-state index contributed by atoms with van der Waals surface area (Å²) < 4.78 is 32.3. The molecule has 0 fully saturated rings. The van der Waals surface area contributed by atoms with Crippen LogP contribution < -0.4 is 4.72 Å². The SMILES string of the molecule is O=S(=O)([O-])NCc1ccccc1.[Ag+]. The van der Waals surface area contributed by atoms with Gasteiger partial charge in [0.15, 0.2) is 10.3 Å². The van der Waals surface area contributed by atoms with E-state index in [0.29, 0.717) is 0 Å². The second kappa shape index (κ2) is 5.54. The summed E-state index contributed by atoms with van der Waals surface area (Å²) in [6.07, 6.45) is 0. The van der Waals surface area contributed by atoms with Crippen LogP contribution in [0, 0.1) is 0 Å². The van der Waals surface area contributed by atoms with E-state index in [4.69, 9.17) is 0 Å². The van der Waals surface area contributed by atoms with Crippen LogP contribution in [0.1, 0.15) is 5.56 Å². The van der Waals surface area contributed by atoms with E-state index in [1.54, 1.807) is 24.3 Å². The average Bonchev–Trinajstić information content (AvgIpc) is 2.02. The first-order chi connectivity index (χ1) is 5.58. The van der Waals surface area contributed by atoms with Crippen LogP contribution in [0.4, 0.5) is 0 Å². The normalized spacial score (nSPS) is 10.5. The number of hydrogen-bond donors (Lipinski definition) is 1. The van der Waals surface area contributed by atoms with Crippen molar-refractivity contribution in [3.8, 4) is 0 Å². The van der Waals surface area contributed by atoms with Crippen molar-refractivity contribution >= 4 is 10.3 Å². The van der Waals surface area contributed by atoms with Gasteiger partial charge in [0.2, 0.25) is 0 Å². The van der Waals surface area contributed by atoms with Gasteiger partial charge in [0.05, 0.1) is 0 Å².